The minimum absolute atomic E-state index is 0.0988. The van der Waals surface area contributed by atoms with Crippen LogP contribution in [-0.4, -0.2) is 21.2 Å². The number of carbonyl (C=O) groups is 1. The SMILES string of the molecule is Cc1ccc(-n2c(SCC(=O)Nc3cccc(Cl)c3C)nc3ccccc3c2=O)cc1C. The van der Waals surface area contributed by atoms with Gasteiger partial charge < -0.3 is 5.32 Å². The number of benzene rings is 3. The molecule has 0 spiro atoms. The van der Waals surface area contributed by atoms with Crippen LogP contribution in [0.5, 0.6) is 0 Å². The number of fused-ring (bicyclic) bond motifs is 1. The van der Waals surface area contributed by atoms with E-state index in [4.69, 9.17) is 16.6 Å². The molecule has 0 aliphatic rings. The monoisotopic (exact) mass is 463 g/mol. The lowest BCUT2D eigenvalue weighted by molar-refractivity contribution is -0.113. The summed E-state index contributed by atoms with van der Waals surface area (Å²) in [5.74, 6) is -0.101. The van der Waals surface area contributed by atoms with E-state index in [1.807, 2.05) is 57.2 Å². The molecule has 0 unspecified atom stereocenters. The number of rotatable bonds is 5. The zero-order valence-electron chi connectivity index (χ0n) is 18.0. The van der Waals surface area contributed by atoms with Crippen molar-refractivity contribution >= 4 is 45.9 Å². The Hall–Kier alpha value is -3.09. The van der Waals surface area contributed by atoms with Crippen LogP contribution in [0.25, 0.3) is 16.6 Å². The molecule has 1 heterocycles. The van der Waals surface area contributed by atoms with Gasteiger partial charge in [-0.1, -0.05) is 47.6 Å². The van der Waals surface area contributed by atoms with Crippen LogP contribution in [-0.2, 0) is 4.79 Å². The first kappa shape index (κ1) is 22.1. The number of hydrogen-bond donors (Lipinski definition) is 1. The second-order valence-corrected chi connectivity index (χ2v) is 8.92. The zero-order valence-corrected chi connectivity index (χ0v) is 19.6. The fourth-order valence-electron chi connectivity index (χ4n) is 3.36. The Morgan fingerprint density at radius 1 is 1.03 bits per heavy atom. The maximum atomic E-state index is 13.4. The number of nitrogens with one attached hydrogen (secondary N) is 1. The van der Waals surface area contributed by atoms with Gasteiger partial charge in [-0.3, -0.25) is 14.2 Å². The molecule has 162 valence electrons. The number of amides is 1. The fourth-order valence-corrected chi connectivity index (χ4v) is 4.35. The van der Waals surface area contributed by atoms with E-state index < -0.39 is 0 Å². The van der Waals surface area contributed by atoms with Crippen LogP contribution < -0.4 is 10.9 Å². The highest BCUT2D eigenvalue weighted by atomic mass is 35.5. The van der Waals surface area contributed by atoms with Gasteiger partial charge in [-0.25, -0.2) is 4.98 Å². The predicted molar refractivity (Wildman–Crippen MR) is 132 cm³/mol. The van der Waals surface area contributed by atoms with Gasteiger partial charge in [0.1, 0.15) is 0 Å². The molecule has 0 fully saturated rings. The summed E-state index contributed by atoms with van der Waals surface area (Å²) in [5.41, 5.74) is 4.86. The Bertz CT molecular complexity index is 1400. The van der Waals surface area contributed by atoms with Crippen LogP contribution >= 0.6 is 23.4 Å². The highest BCUT2D eigenvalue weighted by molar-refractivity contribution is 7.99. The first-order valence-electron chi connectivity index (χ1n) is 10.1. The lowest BCUT2D eigenvalue weighted by Crippen LogP contribution is -2.23. The molecular formula is C25H22ClN3O2S. The standard InChI is InChI=1S/C25H22ClN3O2S/c1-15-11-12-18(13-16(15)2)29-24(31)19-7-4-5-9-22(19)28-25(29)32-14-23(30)27-21-10-6-8-20(26)17(21)3/h4-13H,14H2,1-3H3,(H,27,30). The quantitative estimate of drug-likeness (QED) is 0.305. The Balaban J connectivity index is 1.69. The molecule has 5 nitrogen and oxygen atoms in total. The van der Waals surface area contributed by atoms with Gasteiger partial charge in [0.05, 0.1) is 22.3 Å². The van der Waals surface area contributed by atoms with Gasteiger partial charge in [-0.15, -0.1) is 0 Å². The lowest BCUT2D eigenvalue weighted by Gasteiger charge is -2.15. The first-order chi connectivity index (χ1) is 15.3. The Morgan fingerprint density at radius 2 is 1.81 bits per heavy atom. The van der Waals surface area contributed by atoms with Crippen LogP contribution in [0.2, 0.25) is 5.02 Å². The maximum Gasteiger partial charge on any atom is 0.266 e. The number of hydrogen-bond acceptors (Lipinski definition) is 4. The average Bonchev–Trinajstić information content (AvgIpc) is 2.78. The number of anilines is 1. The van der Waals surface area contributed by atoms with Crippen molar-refractivity contribution < 1.29 is 4.79 Å². The molecular weight excluding hydrogens is 442 g/mol. The maximum absolute atomic E-state index is 13.4. The normalized spacial score (nSPS) is 11.0. The minimum Gasteiger partial charge on any atom is -0.325 e. The van der Waals surface area contributed by atoms with E-state index in [0.29, 0.717) is 26.8 Å². The van der Waals surface area contributed by atoms with Gasteiger partial charge in [0, 0.05) is 10.7 Å². The topological polar surface area (TPSA) is 64.0 Å². The van der Waals surface area contributed by atoms with Gasteiger partial charge in [0.15, 0.2) is 5.16 Å². The van der Waals surface area contributed by atoms with Crippen molar-refractivity contribution in [2.24, 2.45) is 0 Å². The van der Waals surface area contributed by atoms with Gasteiger partial charge in [0.25, 0.3) is 5.56 Å². The predicted octanol–water partition coefficient (Wildman–Crippen LogP) is 5.70. The molecule has 1 amide bonds. The highest BCUT2D eigenvalue weighted by Gasteiger charge is 2.16. The van der Waals surface area contributed by atoms with Crippen molar-refractivity contribution in [2.45, 2.75) is 25.9 Å². The van der Waals surface area contributed by atoms with E-state index in [-0.39, 0.29) is 17.2 Å². The number of para-hydroxylation sites is 1. The van der Waals surface area contributed by atoms with Crippen LogP contribution in [0.3, 0.4) is 0 Å². The van der Waals surface area contributed by atoms with Crippen molar-refractivity contribution in [3.8, 4) is 5.69 Å². The van der Waals surface area contributed by atoms with Crippen molar-refractivity contribution in [3.63, 3.8) is 0 Å². The van der Waals surface area contributed by atoms with Crippen LogP contribution in [0.15, 0.2) is 70.6 Å². The third-order valence-electron chi connectivity index (χ3n) is 5.37. The Morgan fingerprint density at radius 3 is 2.59 bits per heavy atom. The summed E-state index contributed by atoms with van der Waals surface area (Å²) in [6.45, 7) is 5.89. The molecule has 4 aromatic rings. The fraction of sp³-hybridized carbons (Fsp3) is 0.160. The summed E-state index contributed by atoms with van der Waals surface area (Å²) in [5, 5.41) is 4.49. The molecule has 1 aromatic heterocycles. The molecule has 4 rings (SSSR count). The summed E-state index contributed by atoms with van der Waals surface area (Å²) in [6.07, 6.45) is 0. The minimum atomic E-state index is -0.200. The molecule has 7 heteroatoms. The van der Waals surface area contributed by atoms with Crippen LogP contribution in [0, 0.1) is 20.8 Å². The molecule has 0 aliphatic heterocycles. The molecule has 0 bridgehead atoms. The number of aromatic nitrogens is 2. The van der Waals surface area contributed by atoms with E-state index in [1.54, 1.807) is 28.8 Å². The Kier molecular flexibility index (Phi) is 6.35. The highest BCUT2D eigenvalue weighted by Crippen LogP contribution is 2.25. The summed E-state index contributed by atoms with van der Waals surface area (Å²) < 4.78 is 1.58. The van der Waals surface area contributed by atoms with E-state index in [1.165, 1.54) is 11.8 Å². The number of thioether (sulfide) groups is 1. The van der Waals surface area contributed by atoms with Crippen molar-refractivity contribution in [2.75, 3.05) is 11.1 Å². The van der Waals surface area contributed by atoms with Crippen LogP contribution in [0.1, 0.15) is 16.7 Å². The molecule has 0 aliphatic carbocycles. The van der Waals surface area contributed by atoms with E-state index >= 15 is 0 Å². The molecule has 0 radical (unpaired) electrons. The van der Waals surface area contributed by atoms with Crippen molar-refractivity contribution in [1.29, 1.82) is 0 Å². The number of aryl methyl sites for hydroxylation is 2. The van der Waals surface area contributed by atoms with Crippen molar-refractivity contribution in [1.82, 2.24) is 9.55 Å². The van der Waals surface area contributed by atoms with Crippen molar-refractivity contribution in [3.05, 3.63) is 92.7 Å². The molecule has 0 atom stereocenters. The van der Waals surface area contributed by atoms with E-state index in [9.17, 15) is 9.59 Å². The smallest absolute Gasteiger partial charge is 0.266 e. The summed E-state index contributed by atoms with van der Waals surface area (Å²) in [7, 11) is 0. The number of nitrogens with zero attached hydrogens (tertiary/aromatic N) is 2. The van der Waals surface area contributed by atoms with Gasteiger partial charge in [-0.05, 0) is 73.9 Å². The van der Waals surface area contributed by atoms with Gasteiger partial charge in [-0.2, -0.15) is 0 Å². The molecule has 3 aromatic carbocycles. The first-order valence-corrected chi connectivity index (χ1v) is 11.5. The van der Waals surface area contributed by atoms with E-state index in [0.717, 1.165) is 22.4 Å². The van der Waals surface area contributed by atoms with Gasteiger partial charge in [0.2, 0.25) is 5.91 Å². The molecule has 1 N–H and O–H groups in total. The second-order valence-electron chi connectivity index (χ2n) is 7.57. The molecule has 0 saturated heterocycles. The van der Waals surface area contributed by atoms with Crippen LogP contribution in [0.4, 0.5) is 5.69 Å². The number of halogens is 1. The number of carbonyl (C=O) groups excluding carboxylic acids is 1. The summed E-state index contributed by atoms with van der Waals surface area (Å²) >= 11 is 7.38. The average molecular weight is 464 g/mol. The third kappa shape index (κ3) is 4.42. The summed E-state index contributed by atoms with van der Waals surface area (Å²) in [6, 6.07) is 18.5. The largest absolute Gasteiger partial charge is 0.325 e. The zero-order chi connectivity index (χ0) is 22.8. The Labute approximate surface area is 195 Å². The second kappa shape index (κ2) is 9.18. The molecule has 32 heavy (non-hydrogen) atoms. The molecule has 0 saturated carbocycles. The van der Waals surface area contributed by atoms with E-state index in [2.05, 4.69) is 5.32 Å². The third-order valence-corrected chi connectivity index (χ3v) is 6.72. The lowest BCUT2D eigenvalue weighted by atomic mass is 10.1. The summed E-state index contributed by atoms with van der Waals surface area (Å²) in [4.78, 5) is 30.7. The van der Waals surface area contributed by atoms with Gasteiger partial charge >= 0.3 is 0 Å².